The van der Waals surface area contributed by atoms with Crippen molar-refractivity contribution in [2.45, 2.75) is 19.1 Å². The second-order valence-electron chi connectivity index (χ2n) is 3.46. The largest absolute Gasteiger partial charge is 0.394 e. The molecule has 1 aromatic rings. The van der Waals surface area contributed by atoms with Crippen molar-refractivity contribution in [1.29, 1.82) is 0 Å². The molecule has 0 bridgehead atoms. The van der Waals surface area contributed by atoms with Gasteiger partial charge in [0.05, 0.1) is 17.1 Å². The topological polar surface area (TPSA) is 104 Å². The minimum atomic E-state index is -1.47. The Balaban J connectivity index is 3.24. The summed E-state index contributed by atoms with van der Waals surface area (Å²) in [6, 6.07) is 4.33. The molecule has 0 aromatic heterocycles. The summed E-state index contributed by atoms with van der Waals surface area (Å²) in [5, 5.41) is 38.4. The highest BCUT2D eigenvalue weighted by atomic mass is 16.6. The molecule has 1 aromatic carbocycles. The first-order valence-corrected chi connectivity index (χ1v) is 4.70. The van der Waals surface area contributed by atoms with E-state index >= 15 is 0 Å². The molecule has 6 nitrogen and oxygen atoms in total. The lowest BCUT2D eigenvalue weighted by atomic mass is 9.98. The molecule has 2 atom stereocenters. The molecule has 0 fully saturated rings. The molecule has 0 saturated carbocycles. The number of hydrogen-bond acceptors (Lipinski definition) is 5. The minimum Gasteiger partial charge on any atom is -0.394 e. The quantitative estimate of drug-likeness (QED) is 0.506. The van der Waals surface area contributed by atoms with E-state index in [-0.39, 0.29) is 11.3 Å². The highest BCUT2D eigenvalue weighted by Crippen LogP contribution is 2.30. The van der Waals surface area contributed by atoms with Crippen LogP contribution in [0, 0.1) is 17.0 Å². The second kappa shape index (κ2) is 5.02. The minimum absolute atomic E-state index is 0.0362. The summed E-state index contributed by atoms with van der Waals surface area (Å²) >= 11 is 0. The monoisotopic (exact) mass is 227 g/mol. The molecule has 0 radical (unpaired) electrons. The number of aryl methyl sites for hydroxylation is 1. The van der Waals surface area contributed by atoms with Gasteiger partial charge in [0.25, 0.3) is 5.69 Å². The van der Waals surface area contributed by atoms with Crippen LogP contribution in [0.15, 0.2) is 18.2 Å². The summed E-state index contributed by atoms with van der Waals surface area (Å²) < 4.78 is 0. The molecule has 0 heterocycles. The molecule has 1 rings (SSSR count). The highest BCUT2D eigenvalue weighted by Gasteiger charge is 2.27. The van der Waals surface area contributed by atoms with Gasteiger partial charge in [0.15, 0.2) is 0 Å². The predicted octanol–water partition coefficient (Wildman–Crippen LogP) is 0.290. The van der Waals surface area contributed by atoms with Crippen LogP contribution in [0.5, 0.6) is 0 Å². The number of rotatable bonds is 4. The van der Waals surface area contributed by atoms with Crippen molar-refractivity contribution in [3.63, 3.8) is 0 Å². The maximum absolute atomic E-state index is 10.7. The first-order chi connectivity index (χ1) is 7.49. The SMILES string of the molecule is Cc1cccc([N+](=O)[O-])c1C(O)C(O)CO. The molecule has 0 aliphatic carbocycles. The maximum Gasteiger partial charge on any atom is 0.275 e. The normalized spacial score (nSPS) is 14.5. The van der Waals surface area contributed by atoms with Crippen molar-refractivity contribution < 1.29 is 20.2 Å². The Morgan fingerprint density at radius 3 is 2.56 bits per heavy atom. The van der Waals surface area contributed by atoms with Gasteiger partial charge >= 0.3 is 0 Å². The van der Waals surface area contributed by atoms with E-state index in [4.69, 9.17) is 5.11 Å². The summed E-state index contributed by atoms with van der Waals surface area (Å²) in [7, 11) is 0. The number of nitro groups is 1. The van der Waals surface area contributed by atoms with Gasteiger partial charge in [0, 0.05) is 6.07 Å². The van der Waals surface area contributed by atoms with Crippen LogP contribution in [0.2, 0.25) is 0 Å². The third-order valence-corrected chi connectivity index (χ3v) is 2.35. The summed E-state index contributed by atoms with van der Waals surface area (Å²) in [4.78, 5) is 10.1. The average molecular weight is 227 g/mol. The molecule has 0 spiro atoms. The number of hydrogen-bond donors (Lipinski definition) is 3. The lowest BCUT2D eigenvalue weighted by Crippen LogP contribution is -2.23. The number of aliphatic hydroxyl groups is 3. The van der Waals surface area contributed by atoms with Crippen LogP contribution in [0.4, 0.5) is 5.69 Å². The third kappa shape index (κ3) is 2.35. The summed E-state index contributed by atoms with van der Waals surface area (Å²) in [6.07, 6.45) is -2.90. The molecule has 0 aliphatic heterocycles. The van der Waals surface area contributed by atoms with Gasteiger partial charge in [-0.05, 0) is 12.5 Å². The zero-order valence-electron chi connectivity index (χ0n) is 8.70. The number of nitrogens with zero attached hydrogens (tertiary/aromatic N) is 1. The first kappa shape index (κ1) is 12.6. The van der Waals surface area contributed by atoms with Crippen molar-refractivity contribution in [2.75, 3.05) is 6.61 Å². The number of benzene rings is 1. The predicted molar refractivity (Wildman–Crippen MR) is 55.9 cm³/mol. The molecular formula is C10H13NO5. The van der Waals surface area contributed by atoms with Gasteiger partial charge in [-0.3, -0.25) is 10.1 Å². The van der Waals surface area contributed by atoms with Crippen molar-refractivity contribution in [3.05, 3.63) is 39.4 Å². The van der Waals surface area contributed by atoms with Gasteiger partial charge in [-0.2, -0.15) is 0 Å². The number of aliphatic hydroxyl groups excluding tert-OH is 3. The van der Waals surface area contributed by atoms with E-state index < -0.39 is 23.7 Å². The van der Waals surface area contributed by atoms with Crippen LogP contribution < -0.4 is 0 Å². The Bertz CT molecular complexity index is 393. The lowest BCUT2D eigenvalue weighted by Gasteiger charge is -2.17. The fourth-order valence-corrected chi connectivity index (χ4v) is 1.50. The Hall–Kier alpha value is -1.50. The van der Waals surface area contributed by atoms with Crippen molar-refractivity contribution >= 4 is 5.69 Å². The zero-order chi connectivity index (χ0) is 12.3. The molecular weight excluding hydrogens is 214 g/mol. The lowest BCUT2D eigenvalue weighted by molar-refractivity contribution is -0.386. The van der Waals surface area contributed by atoms with E-state index in [1.807, 2.05) is 0 Å². The summed E-state index contributed by atoms with van der Waals surface area (Å²) in [5.41, 5.74) is 0.267. The summed E-state index contributed by atoms with van der Waals surface area (Å²) in [5.74, 6) is 0. The molecule has 0 aliphatic rings. The Labute approximate surface area is 91.9 Å². The van der Waals surface area contributed by atoms with Crippen LogP contribution in [0.25, 0.3) is 0 Å². The molecule has 3 N–H and O–H groups in total. The van der Waals surface area contributed by atoms with Crippen LogP contribution >= 0.6 is 0 Å². The van der Waals surface area contributed by atoms with Crippen molar-refractivity contribution in [1.82, 2.24) is 0 Å². The second-order valence-corrected chi connectivity index (χ2v) is 3.46. The molecule has 0 saturated heterocycles. The van der Waals surface area contributed by atoms with Gasteiger partial charge in [-0.15, -0.1) is 0 Å². The average Bonchev–Trinajstić information content (AvgIpc) is 2.26. The van der Waals surface area contributed by atoms with Crippen LogP contribution in [0.1, 0.15) is 17.2 Å². The van der Waals surface area contributed by atoms with E-state index in [0.717, 1.165) is 0 Å². The molecule has 2 unspecified atom stereocenters. The molecule has 0 amide bonds. The fraction of sp³-hybridized carbons (Fsp3) is 0.400. The Morgan fingerprint density at radius 1 is 1.44 bits per heavy atom. The van der Waals surface area contributed by atoms with Crippen LogP contribution in [-0.2, 0) is 0 Å². The van der Waals surface area contributed by atoms with Gasteiger partial charge in [-0.25, -0.2) is 0 Å². The Morgan fingerprint density at radius 2 is 2.06 bits per heavy atom. The van der Waals surface area contributed by atoms with E-state index in [0.29, 0.717) is 5.56 Å². The van der Waals surface area contributed by atoms with E-state index in [1.54, 1.807) is 13.0 Å². The van der Waals surface area contributed by atoms with Crippen LogP contribution in [-0.4, -0.2) is 33.0 Å². The van der Waals surface area contributed by atoms with E-state index in [1.165, 1.54) is 12.1 Å². The van der Waals surface area contributed by atoms with Gasteiger partial charge in [-0.1, -0.05) is 12.1 Å². The maximum atomic E-state index is 10.7. The van der Waals surface area contributed by atoms with Gasteiger partial charge in [0.1, 0.15) is 12.2 Å². The smallest absolute Gasteiger partial charge is 0.275 e. The molecule has 16 heavy (non-hydrogen) atoms. The zero-order valence-corrected chi connectivity index (χ0v) is 8.70. The number of nitro benzene ring substituents is 1. The van der Waals surface area contributed by atoms with Gasteiger partial charge < -0.3 is 15.3 Å². The van der Waals surface area contributed by atoms with E-state index in [2.05, 4.69) is 0 Å². The first-order valence-electron chi connectivity index (χ1n) is 4.70. The van der Waals surface area contributed by atoms with Crippen LogP contribution in [0.3, 0.4) is 0 Å². The fourth-order valence-electron chi connectivity index (χ4n) is 1.50. The standard InChI is InChI=1S/C10H13NO5/c1-6-3-2-4-7(11(15)16)9(6)10(14)8(13)5-12/h2-4,8,10,12-14H,5H2,1H3. The summed E-state index contributed by atoms with van der Waals surface area (Å²) in [6.45, 7) is 0.933. The third-order valence-electron chi connectivity index (χ3n) is 2.35. The van der Waals surface area contributed by atoms with E-state index in [9.17, 15) is 20.3 Å². The van der Waals surface area contributed by atoms with Crippen molar-refractivity contribution in [3.8, 4) is 0 Å². The van der Waals surface area contributed by atoms with Gasteiger partial charge in [0.2, 0.25) is 0 Å². The Kier molecular flexibility index (Phi) is 3.94. The van der Waals surface area contributed by atoms with Crippen molar-refractivity contribution in [2.24, 2.45) is 0 Å². The highest BCUT2D eigenvalue weighted by molar-refractivity contribution is 5.46. The molecule has 6 heteroatoms. The molecule has 88 valence electrons.